The van der Waals surface area contributed by atoms with Crippen molar-refractivity contribution in [2.75, 3.05) is 5.32 Å². The van der Waals surface area contributed by atoms with Crippen molar-refractivity contribution in [3.63, 3.8) is 0 Å². The molecular weight excluding hydrogens is 397 g/mol. The summed E-state index contributed by atoms with van der Waals surface area (Å²) in [7, 11) is 0. The number of hydrogen-bond acceptors (Lipinski definition) is 6. The Kier molecular flexibility index (Phi) is 3.31. The van der Waals surface area contributed by atoms with E-state index < -0.39 is 0 Å². The Morgan fingerprint density at radius 3 is 2.81 bits per heavy atom. The molecule has 0 aliphatic rings. The van der Waals surface area contributed by atoms with Crippen LogP contribution in [-0.2, 0) is 0 Å². The van der Waals surface area contributed by atoms with Gasteiger partial charge in [0.1, 0.15) is 0 Å². The number of carbonyl (C=O) groups excluding carboxylic acids is 1. The van der Waals surface area contributed by atoms with Crippen LogP contribution in [0.15, 0.2) is 42.5 Å². The third kappa shape index (κ3) is 2.37. The fourth-order valence-electron chi connectivity index (χ4n) is 2.84. The van der Waals surface area contributed by atoms with E-state index in [4.69, 9.17) is 0 Å². The molecule has 0 bridgehead atoms. The third-order valence-electron chi connectivity index (χ3n) is 4.08. The zero-order chi connectivity index (χ0) is 17.7. The molecule has 0 fully saturated rings. The third-order valence-corrected chi connectivity index (χ3v) is 5.25. The van der Waals surface area contributed by atoms with Gasteiger partial charge < -0.3 is 0 Å². The summed E-state index contributed by atoms with van der Waals surface area (Å²) in [4.78, 5) is 21.6. The molecule has 5 aromatic rings. The van der Waals surface area contributed by atoms with Crippen molar-refractivity contribution in [2.24, 2.45) is 0 Å². The van der Waals surface area contributed by atoms with Gasteiger partial charge in [-0.25, -0.2) is 0 Å². The maximum atomic E-state index is 12.6. The van der Waals surface area contributed by atoms with E-state index in [0.717, 1.165) is 21.9 Å². The van der Waals surface area contributed by atoms with Gasteiger partial charge in [0.2, 0.25) is 0 Å². The van der Waals surface area contributed by atoms with E-state index in [9.17, 15) is 4.79 Å². The Bertz CT molecular complexity index is 1310. The number of aryl methyl sites for hydroxylation is 1. The van der Waals surface area contributed by atoms with Crippen LogP contribution in [0.2, 0.25) is 0 Å². The number of rotatable bonds is 2. The predicted octanol–water partition coefficient (Wildman–Crippen LogP) is 1.84. The van der Waals surface area contributed by atoms with Crippen LogP contribution in [0.3, 0.4) is 0 Å². The number of amides is 1. The van der Waals surface area contributed by atoms with Gasteiger partial charge in [-0.2, -0.15) is 0 Å². The van der Waals surface area contributed by atoms with Crippen molar-refractivity contribution in [3.8, 4) is 0 Å². The van der Waals surface area contributed by atoms with Crippen LogP contribution in [0.4, 0.5) is 5.95 Å². The minimum atomic E-state index is -0.284. The standard InChI is InChI=1S/C17H11N7OSe/c1-9-18-12-5-3-2-4-11(12)15-19-17(21-24(9)15)20-16(25)10-6-7-13-14(8-10)23-26-22-13/h2-8H,1H3,(H,20,21,25). The van der Waals surface area contributed by atoms with Crippen molar-refractivity contribution in [2.45, 2.75) is 6.92 Å². The molecular formula is C17H11N7OSe. The van der Waals surface area contributed by atoms with E-state index >= 15 is 0 Å². The molecule has 5 rings (SSSR count). The van der Waals surface area contributed by atoms with Crippen molar-refractivity contribution in [3.05, 3.63) is 53.9 Å². The topological polar surface area (TPSA) is 98.0 Å². The summed E-state index contributed by atoms with van der Waals surface area (Å²) < 4.78 is 10.2. The summed E-state index contributed by atoms with van der Waals surface area (Å²) >= 11 is -0.119. The quantitative estimate of drug-likeness (QED) is 0.448. The second-order valence-electron chi connectivity index (χ2n) is 5.77. The van der Waals surface area contributed by atoms with Crippen molar-refractivity contribution < 1.29 is 4.79 Å². The molecule has 1 amide bonds. The van der Waals surface area contributed by atoms with Gasteiger partial charge >= 0.3 is 147 Å². The summed E-state index contributed by atoms with van der Waals surface area (Å²) in [5.74, 6) is 0.655. The number of fused-ring (bicyclic) bond motifs is 4. The zero-order valence-corrected chi connectivity index (χ0v) is 15.3. The zero-order valence-electron chi connectivity index (χ0n) is 13.5. The number of para-hydroxylation sites is 1. The Morgan fingerprint density at radius 2 is 1.88 bits per heavy atom. The number of hydrogen-bond donors (Lipinski definition) is 1. The first-order valence-electron chi connectivity index (χ1n) is 7.85. The number of nitrogens with one attached hydrogen (secondary N) is 1. The van der Waals surface area contributed by atoms with Gasteiger partial charge in [-0.15, -0.1) is 0 Å². The van der Waals surface area contributed by atoms with E-state index in [1.54, 1.807) is 22.7 Å². The average molecular weight is 408 g/mol. The van der Waals surface area contributed by atoms with Crippen LogP contribution in [0.25, 0.3) is 27.6 Å². The summed E-state index contributed by atoms with van der Waals surface area (Å²) in [5, 5.41) is 8.01. The average Bonchev–Trinajstić information content (AvgIpc) is 3.28. The van der Waals surface area contributed by atoms with E-state index in [-0.39, 0.29) is 26.8 Å². The molecule has 0 atom stereocenters. The molecule has 3 aromatic heterocycles. The van der Waals surface area contributed by atoms with Crippen LogP contribution >= 0.6 is 0 Å². The Morgan fingerprint density at radius 1 is 1.04 bits per heavy atom. The maximum absolute atomic E-state index is 12.6. The van der Waals surface area contributed by atoms with Gasteiger partial charge in [0.25, 0.3) is 0 Å². The van der Waals surface area contributed by atoms with Gasteiger partial charge in [-0.1, -0.05) is 6.07 Å². The minimum absolute atomic E-state index is 0.119. The number of aromatic nitrogens is 6. The SMILES string of the molecule is Cc1nc2ccccc2c2nc(NC(=O)c3ccc4n[se]nc4c3)nn12. The van der Waals surface area contributed by atoms with Gasteiger partial charge in [0.15, 0.2) is 0 Å². The first-order chi connectivity index (χ1) is 12.7. The molecule has 0 radical (unpaired) electrons. The van der Waals surface area contributed by atoms with Crippen LogP contribution in [-0.4, -0.2) is 48.4 Å². The van der Waals surface area contributed by atoms with Gasteiger partial charge in [0.05, 0.1) is 0 Å². The molecule has 0 aliphatic heterocycles. The second-order valence-corrected chi connectivity index (χ2v) is 6.88. The Hall–Kier alpha value is -3.16. The molecule has 0 unspecified atom stereocenters. The van der Waals surface area contributed by atoms with Gasteiger partial charge in [-0.05, 0) is 0 Å². The Balaban J connectivity index is 1.55. The fraction of sp³-hybridized carbons (Fsp3) is 0.0588. The molecule has 0 saturated carbocycles. The molecule has 9 heteroatoms. The van der Waals surface area contributed by atoms with Crippen LogP contribution in [0, 0.1) is 6.92 Å². The summed E-state index contributed by atoms with van der Waals surface area (Å²) in [5.41, 5.74) is 3.59. The first-order valence-corrected chi connectivity index (χ1v) is 9.38. The van der Waals surface area contributed by atoms with Crippen LogP contribution in [0.5, 0.6) is 0 Å². The van der Waals surface area contributed by atoms with E-state index in [1.165, 1.54) is 0 Å². The molecule has 126 valence electrons. The van der Waals surface area contributed by atoms with E-state index in [0.29, 0.717) is 17.0 Å². The normalized spacial score (nSPS) is 11.4. The summed E-state index contributed by atoms with van der Waals surface area (Å²) in [6.45, 7) is 1.85. The first kappa shape index (κ1) is 15.1. The summed E-state index contributed by atoms with van der Waals surface area (Å²) in [6, 6.07) is 13.0. The van der Waals surface area contributed by atoms with E-state index in [1.807, 2.05) is 31.2 Å². The Labute approximate surface area is 153 Å². The van der Waals surface area contributed by atoms with Crippen LogP contribution < -0.4 is 5.32 Å². The van der Waals surface area contributed by atoms with Crippen LogP contribution in [0.1, 0.15) is 16.2 Å². The number of nitrogens with zero attached hydrogens (tertiary/aromatic N) is 6. The molecule has 2 aromatic carbocycles. The molecule has 26 heavy (non-hydrogen) atoms. The molecule has 0 saturated heterocycles. The molecule has 8 nitrogen and oxygen atoms in total. The number of anilines is 1. The molecule has 3 heterocycles. The fourth-order valence-corrected chi connectivity index (χ4v) is 3.93. The molecule has 1 N–H and O–H groups in total. The molecule has 0 aliphatic carbocycles. The monoisotopic (exact) mass is 409 g/mol. The summed E-state index contributed by atoms with van der Waals surface area (Å²) in [6.07, 6.45) is 0. The number of benzene rings is 2. The van der Waals surface area contributed by atoms with Crippen molar-refractivity contribution in [1.29, 1.82) is 0 Å². The predicted molar refractivity (Wildman–Crippen MR) is 97.5 cm³/mol. The van der Waals surface area contributed by atoms with Crippen molar-refractivity contribution >= 4 is 54.4 Å². The van der Waals surface area contributed by atoms with Gasteiger partial charge in [0, 0.05) is 0 Å². The van der Waals surface area contributed by atoms with E-state index in [2.05, 4.69) is 28.3 Å². The van der Waals surface area contributed by atoms with Crippen molar-refractivity contribution in [1.82, 2.24) is 27.5 Å². The molecule has 0 spiro atoms. The van der Waals surface area contributed by atoms with Gasteiger partial charge in [-0.3, -0.25) is 0 Å². The number of carbonyl (C=O) groups is 1. The second kappa shape index (κ2) is 5.69.